The van der Waals surface area contributed by atoms with Crippen LogP contribution in [0.4, 0.5) is 11.4 Å². The smallest absolute Gasteiger partial charge is 0.278 e. The first-order valence-electron chi connectivity index (χ1n) is 5.37. The largest absolute Gasteiger partial charge is 0.371 e. The number of fused-ring (bicyclic) bond motifs is 1. The number of hydrogen-bond acceptors (Lipinski definition) is 4. The number of nitro benzene ring substituents is 1. The Bertz CT molecular complexity index is 646. The van der Waals surface area contributed by atoms with Crippen molar-refractivity contribution in [3.63, 3.8) is 0 Å². The van der Waals surface area contributed by atoms with E-state index in [0.717, 1.165) is 11.1 Å². The molecule has 5 nitrogen and oxygen atoms in total. The molecule has 0 aliphatic rings. The number of nitrogens with one attached hydrogen (secondary N) is 1. The van der Waals surface area contributed by atoms with E-state index in [0.29, 0.717) is 5.39 Å². The molecule has 0 spiro atoms. The summed E-state index contributed by atoms with van der Waals surface area (Å²) in [6.45, 7) is 1.84. The summed E-state index contributed by atoms with van der Waals surface area (Å²) in [6.07, 6.45) is 8.39. The minimum absolute atomic E-state index is 0.0389. The van der Waals surface area contributed by atoms with E-state index in [1.54, 1.807) is 18.3 Å². The van der Waals surface area contributed by atoms with Crippen LogP contribution in [0.5, 0.6) is 0 Å². The molecule has 2 aromatic rings. The second kappa shape index (κ2) is 4.72. The van der Waals surface area contributed by atoms with E-state index in [9.17, 15) is 10.1 Å². The van der Waals surface area contributed by atoms with Gasteiger partial charge in [-0.05, 0) is 19.1 Å². The summed E-state index contributed by atoms with van der Waals surface area (Å²) in [6, 6.07) is 4.69. The second-order valence-corrected chi connectivity index (χ2v) is 3.84. The maximum Gasteiger partial charge on any atom is 0.278 e. The molecular weight excluding hydrogens is 230 g/mol. The molecule has 1 heterocycles. The van der Waals surface area contributed by atoms with Gasteiger partial charge in [0.05, 0.1) is 16.4 Å². The first kappa shape index (κ1) is 11.9. The third kappa shape index (κ3) is 2.09. The molecule has 90 valence electrons. The molecule has 0 saturated carbocycles. The van der Waals surface area contributed by atoms with Crippen molar-refractivity contribution in [3.05, 3.63) is 40.7 Å². The zero-order valence-corrected chi connectivity index (χ0v) is 9.75. The van der Waals surface area contributed by atoms with Gasteiger partial charge in [0.2, 0.25) is 0 Å². The fraction of sp³-hybridized carbons (Fsp3) is 0.154. The van der Waals surface area contributed by atoms with Gasteiger partial charge in [0.15, 0.2) is 0 Å². The van der Waals surface area contributed by atoms with Gasteiger partial charge < -0.3 is 5.32 Å². The number of non-ortho nitro benzene ring substituents is 1. The maximum absolute atomic E-state index is 10.9. The Morgan fingerprint density at radius 2 is 2.22 bits per heavy atom. The van der Waals surface area contributed by atoms with Crippen LogP contribution in [0.25, 0.3) is 10.8 Å². The molecule has 18 heavy (non-hydrogen) atoms. The fourth-order valence-electron chi connectivity index (χ4n) is 1.74. The number of benzene rings is 1. The highest BCUT2D eigenvalue weighted by Gasteiger charge is 2.14. The van der Waals surface area contributed by atoms with Crippen LogP contribution in [-0.4, -0.2) is 15.9 Å². The van der Waals surface area contributed by atoms with E-state index in [1.165, 1.54) is 12.3 Å². The van der Waals surface area contributed by atoms with Gasteiger partial charge in [-0.2, -0.15) is 0 Å². The first-order valence-corrected chi connectivity index (χ1v) is 5.37. The topological polar surface area (TPSA) is 68.1 Å². The number of anilines is 1. The zero-order chi connectivity index (χ0) is 13.1. The van der Waals surface area contributed by atoms with Gasteiger partial charge in [-0.25, -0.2) is 0 Å². The van der Waals surface area contributed by atoms with Crippen LogP contribution < -0.4 is 5.32 Å². The lowest BCUT2D eigenvalue weighted by Gasteiger charge is -2.12. The molecule has 1 atom stereocenters. The summed E-state index contributed by atoms with van der Waals surface area (Å²) in [7, 11) is 0. The summed E-state index contributed by atoms with van der Waals surface area (Å²) in [4.78, 5) is 14.4. The van der Waals surface area contributed by atoms with E-state index >= 15 is 0 Å². The molecule has 1 unspecified atom stereocenters. The van der Waals surface area contributed by atoms with Gasteiger partial charge in [-0.3, -0.25) is 15.1 Å². The van der Waals surface area contributed by atoms with E-state index in [1.807, 2.05) is 6.92 Å². The number of nitrogens with zero attached hydrogens (tertiary/aromatic N) is 2. The molecule has 0 fully saturated rings. The van der Waals surface area contributed by atoms with Crippen molar-refractivity contribution in [2.45, 2.75) is 13.0 Å². The van der Waals surface area contributed by atoms with Crippen LogP contribution in [0, 0.1) is 22.5 Å². The molecule has 1 aromatic heterocycles. The highest BCUT2D eigenvalue weighted by atomic mass is 16.6. The van der Waals surface area contributed by atoms with Gasteiger partial charge >= 0.3 is 0 Å². The van der Waals surface area contributed by atoms with Crippen LogP contribution in [0.15, 0.2) is 30.6 Å². The van der Waals surface area contributed by atoms with Gasteiger partial charge in [-0.15, -0.1) is 6.42 Å². The lowest BCUT2D eigenvalue weighted by atomic mass is 10.1. The Balaban J connectivity index is 2.61. The average molecular weight is 241 g/mol. The Morgan fingerprint density at radius 3 is 2.89 bits per heavy atom. The Labute approximate surface area is 104 Å². The van der Waals surface area contributed by atoms with Crippen molar-refractivity contribution in [1.29, 1.82) is 0 Å². The van der Waals surface area contributed by atoms with E-state index in [-0.39, 0.29) is 11.7 Å². The summed E-state index contributed by atoms with van der Waals surface area (Å²) in [5.41, 5.74) is 0.806. The molecule has 0 saturated heterocycles. The van der Waals surface area contributed by atoms with Crippen LogP contribution in [0.3, 0.4) is 0 Å². The van der Waals surface area contributed by atoms with E-state index in [2.05, 4.69) is 16.2 Å². The molecule has 0 aliphatic heterocycles. The molecule has 2 rings (SSSR count). The lowest BCUT2D eigenvalue weighted by molar-refractivity contribution is -0.383. The Kier molecular flexibility index (Phi) is 3.11. The van der Waals surface area contributed by atoms with Crippen LogP contribution >= 0.6 is 0 Å². The standard InChI is InChI=1S/C13H11N3O2/c1-3-9(2)15-12-4-5-13(16(17)18)11-8-14-7-6-10(11)12/h1,4-9,15H,2H3. The molecular formula is C13H11N3O2. The highest BCUT2D eigenvalue weighted by Crippen LogP contribution is 2.30. The van der Waals surface area contributed by atoms with Crippen LogP contribution in [-0.2, 0) is 0 Å². The fourth-order valence-corrected chi connectivity index (χ4v) is 1.74. The van der Waals surface area contributed by atoms with Gasteiger partial charge in [-0.1, -0.05) is 5.92 Å². The summed E-state index contributed by atoms with van der Waals surface area (Å²) in [5, 5.41) is 15.3. The summed E-state index contributed by atoms with van der Waals surface area (Å²) in [5.74, 6) is 2.55. The summed E-state index contributed by atoms with van der Waals surface area (Å²) >= 11 is 0. The minimum atomic E-state index is -0.418. The monoisotopic (exact) mass is 241 g/mol. The predicted octanol–water partition coefficient (Wildman–Crippen LogP) is 2.58. The van der Waals surface area contributed by atoms with E-state index < -0.39 is 4.92 Å². The molecule has 1 aromatic carbocycles. The van der Waals surface area contributed by atoms with Crippen molar-refractivity contribution in [2.75, 3.05) is 5.32 Å². The van der Waals surface area contributed by atoms with Gasteiger partial charge in [0.1, 0.15) is 0 Å². The predicted molar refractivity (Wildman–Crippen MR) is 70.3 cm³/mol. The molecule has 0 radical (unpaired) electrons. The normalized spacial score (nSPS) is 11.8. The second-order valence-electron chi connectivity index (χ2n) is 3.84. The number of aromatic nitrogens is 1. The third-order valence-corrected chi connectivity index (χ3v) is 2.61. The third-order valence-electron chi connectivity index (χ3n) is 2.61. The molecule has 1 N–H and O–H groups in total. The molecule has 5 heteroatoms. The van der Waals surface area contributed by atoms with Crippen LogP contribution in [0.2, 0.25) is 0 Å². The number of nitro groups is 1. The maximum atomic E-state index is 10.9. The quantitative estimate of drug-likeness (QED) is 0.509. The van der Waals surface area contributed by atoms with Crippen molar-refractivity contribution >= 4 is 22.1 Å². The van der Waals surface area contributed by atoms with Crippen molar-refractivity contribution in [3.8, 4) is 12.3 Å². The molecule has 0 aliphatic carbocycles. The summed E-state index contributed by atoms with van der Waals surface area (Å²) < 4.78 is 0. The van der Waals surface area contributed by atoms with Gasteiger partial charge in [0.25, 0.3) is 5.69 Å². The zero-order valence-electron chi connectivity index (χ0n) is 9.75. The van der Waals surface area contributed by atoms with Crippen LogP contribution in [0.1, 0.15) is 6.92 Å². The number of hydrogen-bond donors (Lipinski definition) is 1. The van der Waals surface area contributed by atoms with Crippen molar-refractivity contribution < 1.29 is 4.92 Å². The number of rotatable bonds is 3. The molecule has 0 bridgehead atoms. The highest BCUT2D eigenvalue weighted by molar-refractivity contribution is 5.99. The first-order chi connectivity index (χ1) is 8.63. The van der Waals surface area contributed by atoms with E-state index in [4.69, 9.17) is 6.42 Å². The van der Waals surface area contributed by atoms with Crippen molar-refractivity contribution in [2.24, 2.45) is 0 Å². The number of pyridine rings is 1. The molecule has 0 amide bonds. The minimum Gasteiger partial charge on any atom is -0.371 e. The average Bonchev–Trinajstić information content (AvgIpc) is 2.38. The Morgan fingerprint density at radius 1 is 1.44 bits per heavy atom. The lowest BCUT2D eigenvalue weighted by Crippen LogP contribution is -2.12. The van der Waals surface area contributed by atoms with Crippen molar-refractivity contribution in [1.82, 2.24) is 4.98 Å². The van der Waals surface area contributed by atoms with Gasteiger partial charge in [0, 0.05) is 29.5 Å². The number of terminal acetylenes is 1. The Hall–Kier alpha value is -2.61. The SMILES string of the molecule is C#CC(C)Nc1ccc([N+](=O)[O-])c2cnccc12.